The van der Waals surface area contributed by atoms with E-state index in [1.165, 1.54) is 0 Å². The summed E-state index contributed by atoms with van der Waals surface area (Å²) in [6, 6.07) is 16.2. The van der Waals surface area contributed by atoms with Crippen molar-refractivity contribution in [1.29, 1.82) is 0 Å². The van der Waals surface area contributed by atoms with Crippen LogP contribution in [0.4, 0.5) is 30.6 Å². The van der Waals surface area contributed by atoms with Crippen molar-refractivity contribution in [2.24, 2.45) is 5.10 Å². The zero-order valence-electron chi connectivity index (χ0n) is 15.2. The Bertz CT molecular complexity index is 967. The zero-order chi connectivity index (χ0) is 20.1. The number of nitrogens with zero attached hydrogens (tertiary/aromatic N) is 3. The van der Waals surface area contributed by atoms with Crippen molar-refractivity contribution < 1.29 is 13.2 Å². The van der Waals surface area contributed by atoms with Gasteiger partial charge in [0.1, 0.15) is 11.4 Å². The van der Waals surface area contributed by atoms with Crippen LogP contribution in [-0.2, 0) is 6.18 Å². The molecule has 0 aliphatic carbocycles. The molecule has 0 bridgehead atoms. The van der Waals surface area contributed by atoms with E-state index in [-0.39, 0.29) is 11.8 Å². The molecule has 1 aromatic heterocycles. The van der Waals surface area contributed by atoms with Crippen LogP contribution in [0.2, 0.25) is 0 Å². The number of nitrogens with one attached hydrogen (secondary N) is 2. The van der Waals surface area contributed by atoms with Crippen LogP contribution in [0, 0.1) is 6.92 Å². The topological polar surface area (TPSA) is 62.2 Å². The van der Waals surface area contributed by atoms with Crippen molar-refractivity contribution in [3.8, 4) is 0 Å². The number of para-hydroxylation sites is 1. The van der Waals surface area contributed by atoms with Crippen LogP contribution in [0.1, 0.15) is 23.6 Å². The van der Waals surface area contributed by atoms with Gasteiger partial charge in [0.2, 0.25) is 5.95 Å². The first-order valence-corrected chi connectivity index (χ1v) is 8.46. The summed E-state index contributed by atoms with van der Waals surface area (Å²) >= 11 is 0. The standard InChI is InChI=1S/C20H18F3N5/c1-13-8-10-15(11-9-13)14(2)27-28-19-24-12-17(20(21,22)23)18(26-19)25-16-6-4-3-5-7-16/h3-12H,1-2H3,(H2,24,25,26,28). The molecule has 0 saturated heterocycles. The maximum Gasteiger partial charge on any atom is 0.421 e. The fraction of sp³-hybridized carbons (Fsp3) is 0.150. The van der Waals surface area contributed by atoms with Crippen molar-refractivity contribution in [3.63, 3.8) is 0 Å². The monoisotopic (exact) mass is 385 g/mol. The maximum absolute atomic E-state index is 13.3. The molecule has 0 atom stereocenters. The van der Waals surface area contributed by atoms with E-state index in [2.05, 4.69) is 25.8 Å². The van der Waals surface area contributed by atoms with Gasteiger partial charge in [0.25, 0.3) is 0 Å². The van der Waals surface area contributed by atoms with Crippen LogP contribution in [0.15, 0.2) is 65.9 Å². The van der Waals surface area contributed by atoms with Crippen molar-refractivity contribution >= 4 is 23.2 Å². The highest BCUT2D eigenvalue weighted by Gasteiger charge is 2.35. The van der Waals surface area contributed by atoms with Crippen molar-refractivity contribution in [1.82, 2.24) is 9.97 Å². The van der Waals surface area contributed by atoms with Gasteiger partial charge in [0.05, 0.1) is 5.71 Å². The number of benzene rings is 2. The number of anilines is 3. The molecule has 0 spiro atoms. The normalized spacial score (nSPS) is 12.0. The highest BCUT2D eigenvalue weighted by molar-refractivity contribution is 5.99. The van der Waals surface area contributed by atoms with Crippen LogP contribution in [0.3, 0.4) is 0 Å². The molecule has 0 radical (unpaired) electrons. The number of hydrogen-bond acceptors (Lipinski definition) is 5. The molecule has 1 heterocycles. The number of halogens is 3. The molecule has 8 heteroatoms. The van der Waals surface area contributed by atoms with Crippen LogP contribution in [0.5, 0.6) is 0 Å². The molecule has 0 amide bonds. The van der Waals surface area contributed by atoms with Crippen molar-refractivity contribution in [3.05, 3.63) is 77.5 Å². The summed E-state index contributed by atoms with van der Waals surface area (Å²) in [6.07, 6.45) is -3.85. The summed E-state index contributed by atoms with van der Waals surface area (Å²) < 4.78 is 39.8. The molecule has 3 aromatic rings. The fourth-order valence-corrected chi connectivity index (χ4v) is 2.39. The number of hydrazone groups is 1. The highest BCUT2D eigenvalue weighted by atomic mass is 19.4. The van der Waals surface area contributed by atoms with E-state index in [4.69, 9.17) is 0 Å². The highest BCUT2D eigenvalue weighted by Crippen LogP contribution is 2.35. The Labute approximate surface area is 160 Å². The predicted octanol–water partition coefficient (Wildman–Crippen LogP) is 5.38. The number of hydrogen-bond donors (Lipinski definition) is 2. The van der Waals surface area contributed by atoms with Crippen LogP contribution in [0.25, 0.3) is 0 Å². The van der Waals surface area contributed by atoms with Gasteiger partial charge in [-0.3, -0.25) is 0 Å². The second-order valence-corrected chi connectivity index (χ2v) is 6.12. The van der Waals surface area contributed by atoms with Crippen molar-refractivity contribution in [2.45, 2.75) is 20.0 Å². The van der Waals surface area contributed by atoms with Gasteiger partial charge in [-0.15, -0.1) is 0 Å². The van der Waals surface area contributed by atoms with Crippen LogP contribution < -0.4 is 10.7 Å². The summed E-state index contributed by atoms with van der Waals surface area (Å²) in [5.41, 5.74) is 4.80. The van der Waals surface area contributed by atoms with Crippen molar-refractivity contribution in [2.75, 3.05) is 10.7 Å². The molecule has 144 valence electrons. The summed E-state index contributed by atoms with van der Waals surface area (Å²) in [5, 5.41) is 6.85. The van der Waals surface area contributed by atoms with E-state index in [0.29, 0.717) is 11.4 Å². The largest absolute Gasteiger partial charge is 0.421 e. The molecule has 28 heavy (non-hydrogen) atoms. The minimum absolute atomic E-state index is 0.0436. The van der Waals surface area contributed by atoms with Crippen LogP contribution in [-0.4, -0.2) is 15.7 Å². The van der Waals surface area contributed by atoms with Gasteiger partial charge < -0.3 is 5.32 Å². The molecule has 2 aromatic carbocycles. The maximum atomic E-state index is 13.3. The molecular formula is C20H18F3N5. The third kappa shape index (κ3) is 4.85. The molecule has 0 aliphatic heterocycles. The molecule has 0 saturated carbocycles. The average Bonchev–Trinajstić information content (AvgIpc) is 2.67. The molecule has 0 aliphatic rings. The lowest BCUT2D eigenvalue weighted by atomic mass is 10.1. The Morgan fingerprint density at radius 3 is 2.32 bits per heavy atom. The Hall–Kier alpha value is -3.42. The van der Waals surface area contributed by atoms with Gasteiger partial charge in [0.15, 0.2) is 0 Å². The van der Waals surface area contributed by atoms with Gasteiger partial charge in [-0.1, -0.05) is 48.0 Å². The second-order valence-electron chi connectivity index (χ2n) is 6.12. The van der Waals surface area contributed by atoms with E-state index in [1.54, 1.807) is 37.3 Å². The molecule has 0 fully saturated rings. The van der Waals surface area contributed by atoms with Gasteiger partial charge >= 0.3 is 6.18 Å². The summed E-state index contributed by atoms with van der Waals surface area (Å²) in [6.45, 7) is 3.76. The summed E-state index contributed by atoms with van der Waals surface area (Å²) in [7, 11) is 0. The van der Waals surface area contributed by atoms with Gasteiger partial charge in [-0.25, -0.2) is 10.4 Å². The lowest BCUT2D eigenvalue weighted by Gasteiger charge is -2.14. The molecule has 3 rings (SSSR count). The third-order valence-corrected chi connectivity index (χ3v) is 3.92. The Kier molecular flexibility index (Phi) is 5.58. The average molecular weight is 385 g/mol. The molecule has 5 nitrogen and oxygen atoms in total. The predicted molar refractivity (Wildman–Crippen MR) is 104 cm³/mol. The van der Waals surface area contributed by atoms with E-state index >= 15 is 0 Å². The minimum atomic E-state index is -4.59. The number of aromatic nitrogens is 2. The first kappa shape index (κ1) is 19.3. The van der Waals surface area contributed by atoms with Crippen LogP contribution >= 0.6 is 0 Å². The number of aryl methyl sites for hydroxylation is 1. The number of alkyl halides is 3. The molecule has 0 unspecified atom stereocenters. The lowest BCUT2D eigenvalue weighted by Crippen LogP contribution is -2.13. The smallest absolute Gasteiger partial charge is 0.340 e. The van der Waals surface area contributed by atoms with Gasteiger partial charge in [0, 0.05) is 11.9 Å². The Morgan fingerprint density at radius 1 is 1.00 bits per heavy atom. The zero-order valence-corrected chi connectivity index (χ0v) is 15.2. The third-order valence-electron chi connectivity index (χ3n) is 3.92. The summed E-state index contributed by atoms with van der Waals surface area (Å²) in [4.78, 5) is 7.69. The molecule has 2 N–H and O–H groups in total. The van der Waals surface area contributed by atoms with E-state index in [9.17, 15) is 13.2 Å². The first-order chi connectivity index (χ1) is 13.3. The second kappa shape index (κ2) is 8.08. The SMILES string of the molecule is CC(=NNc1ncc(C(F)(F)F)c(Nc2ccccc2)n1)c1ccc(C)cc1. The summed E-state index contributed by atoms with van der Waals surface area (Å²) in [5.74, 6) is -0.391. The minimum Gasteiger partial charge on any atom is -0.340 e. The van der Waals surface area contributed by atoms with E-state index in [1.807, 2.05) is 31.2 Å². The number of rotatable bonds is 5. The molecular weight excluding hydrogens is 367 g/mol. The van der Waals surface area contributed by atoms with E-state index < -0.39 is 11.7 Å². The van der Waals surface area contributed by atoms with E-state index in [0.717, 1.165) is 17.3 Å². The van der Waals surface area contributed by atoms with Gasteiger partial charge in [-0.05, 0) is 31.5 Å². The lowest BCUT2D eigenvalue weighted by molar-refractivity contribution is -0.137. The fourth-order valence-electron chi connectivity index (χ4n) is 2.39. The van der Waals surface area contributed by atoms with Gasteiger partial charge in [-0.2, -0.15) is 23.3 Å². The Morgan fingerprint density at radius 2 is 1.68 bits per heavy atom. The first-order valence-electron chi connectivity index (χ1n) is 8.46. The Balaban J connectivity index is 1.86. The quantitative estimate of drug-likeness (QED) is 0.457.